The molecule has 1 aromatic rings. The molecule has 5 nitrogen and oxygen atoms in total. The van der Waals surface area contributed by atoms with Crippen molar-refractivity contribution in [2.45, 2.75) is 17.1 Å². The van der Waals surface area contributed by atoms with E-state index in [4.69, 9.17) is 0 Å². The van der Waals surface area contributed by atoms with Crippen molar-refractivity contribution < 1.29 is 13.2 Å². The molecule has 0 saturated carbocycles. The number of sulfonamides is 1. The lowest BCUT2D eigenvalue weighted by Gasteiger charge is -2.30. The summed E-state index contributed by atoms with van der Waals surface area (Å²) in [6.07, 6.45) is 2.73. The molecule has 0 bridgehead atoms. The maximum atomic E-state index is 12.5. The summed E-state index contributed by atoms with van der Waals surface area (Å²) in [5.41, 5.74) is 0. The Morgan fingerprint density at radius 3 is 2.67 bits per heavy atom. The van der Waals surface area contributed by atoms with Gasteiger partial charge in [-0.25, -0.2) is 8.42 Å². The zero-order valence-electron chi connectivity index (χ0n) is 11.4. The molecule has 0 radical (unpaired) electrons. The van der Waals surface area contributed by atoms with E-state index in [2.05, 4.69) is 27.8 Å². The summed E-state index contributed by atoms with van der Waals surface area (Å²) in [6.45, 7) is 4.76. The molecule has 1 fully saturated rings. The van der Waals surface area contributed by atoms with Crippen molar-refractivity contribution in [2.75, 3.05) is 19.6 Å². The Bertz CT molecular complexity index is 619. The average molecular weight is 393 g/mol. The molecule has 2 heterocycles. The minimum atomic E-state index is -3.43. The number of carbonyl (C=O) groups excluding carboxylic acids is 1. The van der Waals surface area contributed by atoms with E-state index >= 15 is 0 Å². The fourth-order valence-corrected chi connectivity index (χ4v) is 5.87. The van der Waals surface area contributed by atoms with Gasteiger partial charge in [0.05, 0.1) is 3.79 Å². The Morgan fingerprint density at radius 2 is 2.14 bits per heavy atom. The fraction of sp³-hybridized carbons (Fsp3) is 0.462. The zero-order valence-corrected chi connectivity index (χ0v) is 14.6. The van der Waals surface area contributed by atoms with Gasteiger partial charge in [0.2, 0.25) is 5.91 Å². The first-order valence-corrected chi connectivity index (χ1v) is 9.64. The smallest absolute Gasteiger partial charge is 0.252 e. The van der Waals surface area contributed by atoms with Gasteiger partial charge in [0, 0.05) is 25.6 Å². The van der Waals surface area contributed by atoms with Crippen LogP contribution < -0.4 is 5.32 Å². The van der Waals surface area contributed by atoms with Crippen LogP contribution in [0, 0.1) is 5.92 Å². The third-order valence-corrected chi connectivity index (χ3v) is 7.38. The Hall–Kier alpha value is -0.700. The number of piperidine rings is 1. The molecule has 0 spiro atoms. The number of halogens is 1. The van der Waals surface area contributed by atoms with Gasteiger partial charge >= 0.3 is 0 Å². The number of rotatable bonds is 5. The Kier molecular flexibility index (Phi) is 5.59. The zero-order chi connectivity index (χ0) is 15.5. The topological polar surface area (TPSA) is 66.5 Å². The van der Waals surface area contributed by atoms with Gasteiger partial charge in [0.15, 0.2) is 0 Å². The first-order chi connectivity index (χ1) is 9.95. The minimum Gasteiger partial charge on any atom is -0.352 e. The van der Waals surface area contributed by atoms with Crippen molar-refractivity contribution in [1.29, 1.82) is 0 Å². The number of thiophene rings is 1. The molecular formula is C13H17BrN2O3S2. The molecule has 1 N–H and O–H groups in total. The van der Waals surface area contributed by atoms with Crippen molar-refractivity contribution in [3.63, 3.8) is 0 Å². The van der Waals surface area contributed by atoms with Gasteiger partial charge in [-0.3, -0.25) is 4.79 Å². The van der Waals surface area contributed by atoms with E-state index < -0.39 is 10.0 Å². The van der Waals surface area contributed by atoms with Crippen LogP contribution in [0.5, 0.6) is 0 Å². The van der Waals surface area contributed by atoms with Crippen LogP contribution in [0.1, 0.15) is 12.8 Å². The lowest BCUT2D eigenvalue weighted by atomic mass is 9.97. The minimum absolute atomic E-state index is 0.0224. The van der Waals surface area contributed by atoms with Crippen molar-refractivity contribution in [3.05, 3.63) is 28.6 Å². The highest BCUT2D eigenvalue weighted by Gasteiger charge is 2.32. The van der Waals surface area contributed by atoms with Gasteiger partial charge in [-0.05, 0) is 40.9 Å². The van der Waals surface area contributed by atoms with Crippen LogP contribution in [-0.4, -0.2) is 38.3 Å². The summed E-state index contributed by atoms with van der Waals surface area (Å²) in [7, 11) is -3.43. The number of nitrogens with zero attached hydrogens (tertiary/aromatic N) is 1. The van der Waals surface area contributed by atoms with Crippen LogP contribution in [0.15, 0.2) is 32.8 Å². The Labute approximate surface area is 137 Å². The van der Waals surface area contributed by atoms with Crippen LogP contribution in [0.25, 0.3) is 0 Å². The fourth-order valence-electron chi connectivity index (χ4n) is 2.24. The van der Waals surface area contributed by atoms with Gasteiger partial charge in [-0.1, -0.05) is 6.08 Å². The Balaban J connectivity index is 1.97. The highest BCUT2D eigenvalue weighted by Crippen LogP contribution is 2.30. The molecule has 0 atom stereocenters. The van der Waals surface area contributed by atoms with E-state index in [1.807, 2.05) is 0 Å². The molecule has 1 amide bonds. The summed E-state index contributed by atoms with van der Waals surface area (Å²) in [5, 5.41) is 2.76. The first-order valence-electron chi connectivity index (χ1n) is 6.59. The Morgan fingerprint density at radius 1 is 1.48 bits per heavy atom. The van der Waals surface area contributed by atoms with Crippen LogP contribution >= 0.6 is 27.3 Å². The molecule has 1 saturated heterocycles. The van der Waals surface area contributed by atoms with E-state index in [-0.39, 0.29) is 11.8 Å². The van der Waals surface area contributed by atoms with Gasteiger partial charge in [0.25, 0.3) is 10.0 Å². The van der Waals surface area contributed by atoms with Crippen LogP contribution in [0.2, 0.25) is 0 Å². The van der Waals surface area contributed by atoms with Crippen molar-refractivity contribution in [2.24, 2.45) is 5.92 Å². The second kappa shape index (κ2) is 7.04. The summed E-state index contributed by atoms with van der Waals surface area (Å²) in [6, 6.07) is 3.33. The summed E-state index contributed by atoms with van der Waals surface area (Å²) in [5.74, 6) is -0.141. The molecule has 116 valence electrons. The van der Waals surface area contributed by atoms with Gasteiger partial charge < -0.3 is 5.32 Å². The van der Waals surface area contributed by atoms with E-state index in [0.29, 0.717) is 36.7 Å². The number of nitrogens with one attached hydrogen (secondary N) is 1. The van der Waals surface area contributed by atoms with Gasteiger partial charge in [0.1, 0.15) is 4.21 Å². The lowest BCUT2D eigenvalue weighted by molar-refractivity contribution is -0.125. The second-order valence-corrected chi connectivity index (χ2v) is 9.40. The normalized spacial score (nSPS) is 17.6. The molecule has 1 aliphatic heterocycles. The standard InChI is InChI=1S/C13H17BrN2O3S2/c1-2-7-15-13(17)10-5-8-16(9-6-10)21(18,19)12-4-3-11(14)20-12/h2-4,10H,1,5-9H2,(H,15,17). The second-order valence-electron chi connectivity index (χ2n) is 4.77. The predicted octanol–water partition coefficient (Wildman–Crippen LogP) is 2.21. The maximum Gasteiger partial charge on any atom is 0.252 e. The van der Waals surface area contributed by atoms with Gasteiger partial charge in [-0.2, -0.15) is 4.31 Å². The third kappa shape index (κ3) is 3.94. The van der Waals surface area contributed by atoms with E-state index in [1.165, 1.54) is 15.6 Å². The summed E-state index contributed by atoms with van der Waals surface area (Å²) in [4.78, 5) is 11.9. The quantitative estimate of drug-likeness (QED) is 0.781. The largest absolute Gasteiger partial charge is 0.352 e. The third-order valence-electron chi connectivity index (χ3n) is 3.39. The molecular weight excluding hydrogens is 376 g/mol. The van der Waals surface area contributed by atoms with Crippen LogP contribution in [0.4, 0.5) is 0 Å². The average Bonchev–Trinajstić information content (AvgIpc) is 2.92. The molecule has 0 unspecified atom stereocenters. The predicted molar refractivity (Wildman–Crippen MR) is 86.7 cm³/mol. The molecule has 0 aromatic carbocycles. The number of hydrogen-bond donors (Lipinski definition) is 1. The van der Waals surface area contributed by atoms with Crippen LogP contribution in [-0.2, 0) is 14.8 Å². The first kappa shape index (κ1) is 16.7. The molecule has 1 aromatic heterocycles. The van der Waals surface area contributed by atoms with E-state index in [0.717, 1.165) is 3.79 Å². The van der Waals surface area contributed by atoms with E-state index in [1.54, 1.807) is 18.2 Å². The number of carbonyl (C=O) groups is 1. The number of amides is 1. The molecule has 21 heavy (non-hydrogen) atoms. The van der Waals surface area contributed by atoms with Crippen molar-refractivity contribution in [3.8, 4) is 0 Å². The lowest BCUT2D eigenvalue weighted by Crippen LogP contribution is -2.42. The molecule has 1 aliphatic rings. The van der Waals surface area contributed by atoms with Gasteiger partial charge in [-0.15, -0.1) is 17.9 Å². The SMILES string of the molecule is C=CCNC(=O)C1CCN(S(=O)(=O)c2ccc(Br)s2)CC1. The van der Waals surface area contributed by atoms with E-state index in [9.17, 15) is 13.2 Å². The molecule has 8 heteroatoms. The van der Waals surface area contributed by atoms with Crippen LogP contribution in [0.3, 0.4) is 0 Å². The number of hydrogen-bond acceptors (Lipinski definition) is 4. The highest BCUT2D eigenvalue weighted by molar-refractivity contribution is 9.11. The molecule has 2 rings (SSSR count). The molecule has 0 aliphatic carbocycles. The highest BCUT2D eigenvalue weighted by atomic mass is 79.9. The van der Waals surface area contributed by atoms with Crippen molar-refractivity contribution >= 4 is 43.2 Å². The summed E-state index contributed by atoms with van der Waals surface area (Å²) >= 11 is 4.48. The maximum absolute atomic E-state index is 12.5. The summed E-state index contributed by atoms with van der Waals surface area (Å²) < 4.78 is 27.5. The van der Waals surface area contributed by atoms with Crippen molar-refractivity contribution in [1.82, 2.24) is 9.62 Å². The monoisotopic (exact) mass is 392 g/mol.